The van der Waals surface area contributed by atoms with Gasteiger partial charge in [0.05, 0.1) is 34.6 Å². The van der Waals surface area contributed by atoms with E-state index in [1.54, 1.807) is 4.90 Å². The van der Waals surface area contributed by atoms with Gasteiger partial charge in [-0.2, -0.15) is 10.2 Å². The van der Waals surface area contributed by atoms with Gasteiger partial charge in [0.2, 0.25) is 5.91 Å². The second kappa shape index (κ2) is 7.60. The summed E-state index contributed by atoms with van der Waals surface area (Å²) in [6.45, 7) is 13.8. The first-order chi connectivity index (χ1) is 11.7. The number of hydrogen-bond donors (Lipinski definition) is 0. The van der Waals surface area contributed by atoms with Gasteiger partial charge in [-0.25, -0.2) is 0 Å². The largest absolute Gasteiger partial charge is 0.341 e. The normalized spacial score (nSPS) is 12.5. The molecule has 2 heterocycles. The van der Waals surface area contributed by atoms with E-state index in [0.717, 1.165) is 34.9 Å². The minimum absolute atomic E-state index is 0.0896. The third-order valence-electron chi connectivity index (χ3n) is 4.76. The van der Waals surface area contributed by atoms with Gasteiger partial charge in [0.1, 0.15) is 0 Å². The molecule has 138 valence electrons. The first-order valence-electron chi connectivity index (χ1n) is 8.64. The molecule has 0 fully saturated rings. The predicted molar refractivity (Wildman–Crippen MR) is 99.7 cm³/mol. The van der Waals surface area contributed by atoms with E-state index >= 15 is 0 Å². The summed E-state index contributed by atoms with van der Waals surface area (Å²) in [4.78, 5) is 14.6. The number of rotatable bonds is 6. The van der Waals surface area contributed by atoms with Crippen LogP contribution in [0.4, 0.5) is 0 Å². The Morgan fingerprint density at radius 2 is 1.72 bits per heavy atom. The zero-order chi connectivity index (χ0) is 18.9. The Morgan fingerprint density at radius 1 is 1.12 bits per heavy atom. The number of amides is 1. The zero-order valence-electron chi connectivity index (χ0n) is 16.2. The summed E-state index contributed by atoms with van der Waals surface area (Å²) in [7, 11) is 1.84. The molecule has 0 radical (unpaired) electrons. The summed E-state index contributed by atoms with van der Waals surface area (Å²) in [6.07, 6.45) is 0. The van der Waals surface area contributed by atoms with Gasteiger partial charge in [-0.1, -0.05) is 18.5 Å². The van der Waals surface area contributed by atoms with Crippen LogP contribution in [0.25, 0.3) is 0 Å². The van der Waals surface area contributed by atoms with Gasteiger partial charge in [-0.3, -0.25) is 14.2 Å². The van der Waals surface area contributed by atoms with E-state index in [4.69, 9.17) is 11.6 Å². The van der Waals surface area contributed by atoms with Crippen molar-refractivity contribution in [3.8, 4) is 0 Å². The number of carbonyl (C=O) groups is 1. The summed E-state index contributed by atoms with van der Waals surface area (Å²) in [5.41, 5.74) is 4.93. The van der Waals surface area contributed by atoms with Gasteiger partial charge in [0.25, 0.3) is 0 Å². The Kier molecular flexibility index (Phi) is 5.93. The van der Waals surface area contributed by atoms with Gasteiger partial charge >= 0.3 is 0 Å². The molecule has 0 saturated carbocycles. The van der Waals surface area contributed by atoms with Gasteiger partial charge < -0.3 is 4.90 Å². The Balaban J connectivity index is 2.09. The van der Waals surface area contributed by atoms with E-state index in [2.05, 4.69) is 24.0 Å². The van der Waals surface area contributed by atoms with E-state index in [-0.39, 0.29) is 11.8 Å². The lowest BCUT2D eigenvalue weighted by Gasteiger charge is -2.22. The lowest BCUT2D eigenvalue weighted by atomic mass is 10.1. The second-order valence-corrected chi connectivity index (χ2v) is 7.11. The van der Waals surface area contributed by atoms with Crippen LogP contribution in [0.1, 0.15) is 42.2 Å². The van der Waals surface area contributed by atoms with E-state index < -0.39 is 0 Å². The monoisotopic (exact) mass is 365 g/mol. The highest BCUT2D eigenvalue weighted by Gasteiger charge is 2.22. The summed E-state index contributed by atoms with van der Waals surface area (Å²) in [5, 5.41) is 9.62. The van der Waals surface area contributed by atoms with Crippen LogP contribution in [0.2, 0.25) is 5.02 Å². The average Bonchev–Trinajstić information content (AvgIpc) is 2.98. The molecule has 25 heavy (non-hydrogen) atoms. The average molecular weight is 366 g/mol. The fourth-order valence-corrected chi connectivity index (χ4v) is 3.29. The molecule has 0 aliphatic rings. The molecule has 0 aliphatic carbocycles. The molecular formula is C18H28ClN5O. The van der Waals surface area contributed by atoms with Gasteiger partial charge in [-0.05, 0) is 34.6 Å². The number of aromatic nitrogens is 4. The molecule has 1 unspecified atom stereocenters. The van der Waals surface area contributed by atoms with Crippen LogP contribution in [0.5, 0.6) is 0 Å². The number of aryl methyl sites for hydroxylation is 3. The lowest BCUT2D eigenvalue weighted by Crippen LogP contribution is -2.33. The molecule has 0 spiro atoms. The van der Waals surface area contributed by atoms with Gasteiger partial charge in [-0.15, -0.1) is 0 Å². The van der Waals surface area contributed by atoms with Crippen molar-refractivity contribution in [2.45, 2.75) is 61.2 Å². The Hall–Kier alpha value is -1.82. The van der Waals surface area contributed by atoms with Crippen molar-refractivity contribution in [3.05, 3.63) is 33.4 Å². The van der Waals surface area contributed by atoms with Crippen molar-refractivity contribution < 1.29 is 4.79 Å². The van der Waals surface area contributed by atoms with Crippen molar-refractivity contribution >= 4 is 17.5 Å². The number of carbonyl (C=O) groups excluding carboxylic acids is 1. The van der Waals surface area contributed by atoms with Crippen LogP contribution in [0, 0.1) is 33.6 Å². The molecule has 1 atom stereocenters. The fourth-order valence-electron chi connectivity index (χ4n) is 3.15. The standard InChI is InChI=1S/C18H28ClN5O/c1-8-23-14(5)16(12(3)20-23)10-22(7)18(25)11(2)9-24-15(6)17(19)13(4)21-24/h11H,8-10H2,1-7H3. The molecule has 2 aromatic rings. The highest BCUT2D eigenvalue weighted by atomic mass is 35.5. The topological polar surface area (TPSA) is 56.0 Å². The molecule has 1 amide bonds. The Bertz CT molecular complexity index is 777. The van der Waals surface area contributed by atoms with Crippen LogP contribution >= 0.6 is 11.6 Å². The Morgan fingerprint density at radius 3 is 2.20 bits per heavy atom. The van der Waals surface area contributed by atoms with Crippen LogP contribution in [-0.4, -0.2) is 37.4 Å². The molecule has 0 saturated heterocycles. The molecule has 2 aromatic heterocycles. The summed E-state index contributed by atoms with van der Waals surface area (Å²) in [5.74, 6) is -0.0902. The molecule has 0 N–H and O–H groups in total. The number of nitrogens with zero attached hydrogens (tertiary/aromatic N) is 5. The molecule has 0 bridgehead atoms. The maximum absolute atomic E-state index is 12.8. The zero-order valence-corrected chi connectivity index (χ0v) is 17.0. The van der Waals surface area contributed by atoms with Crippen molar-refractivity contribution in [2.24, 2.45) is 5.92 Å². The van der Waals surface area contributed by atoms with Crippen molar-refractivity contribution in [1.29, 1.82) is 0 Å². The molecular weight excluding hydrogens is 338 g/mol. The van der Waals surface area contributed by atoms with Crippen LogP contribution in [0.3, 0.4) is 0 Å². The van der Waals surface area contributed by atoms with Crippen LogP contribution < -0.4 is 0 Å². The molecule has 7 heteroatoms. The highest BCUT2D eigenvalue weighted by Crippen LogP contribution is 2.21. The molecule has 0 aromatic carbocycles. The highest BCUT2D eigenvalue weighted by molar-refractivity contribution is 6.31. The minimum Gasteiger partial charge on any atom is -0.341 e. The van der Waals surface area contributed by atoms with Crippen molar-refractivity contribution in [3.63, 3.8) is 0 Å². The fraction of sp³-hybridized carbons (Fsp3) is 0.611. The van der Waals surface area contributed by atoms with Gasteiger partial charge in [0, 0.05) is 31.4 Å². The first kappa shape index (κ1) is 19.5. The maximum atomic E-state index is 12.8. The molecule has 2 rings (SSSR count). The summed E-state index contributed by atoms with van der Waals surface area (Å²) < 4.78 is 3.80. The molecule has 6 nitrogen and oxygen atoms in total. The van der Waals surface area contributed by atoms with E-state index in [0.29, 0.717) is 18.1 Å². The van der Waals surface area contributed by atoms with E-state index in [1.165, 1.54) is 0 Å². The smallest absolute Gasteiger partial charge is 0.227 e. The quantitative estimate of drug-likeness (QED) is 0.789. The van der Waals surface area contributed by atoms with Crippen molar-refractivity contribution in [2.75, 3.05) is 7.05 Å². The predicted octanol–water partition coefficient (Wildman–Crippen LogP) is 3.28. The van der Waals surface area contributed by atoms with Crippen LogP contribution in [0.15, 0.2) is 0 Å². The van der Waals surface area contributed by atoms with Crippen LogP contribution in [-0.2, 0) is 24.4 Å². The summed E-state index contributed by atoms with van der Waals surface area (Å²) >= 11 is 6.19. The van der Waals surface area contributed by atoms with Gasteiger partial charge in [0.15, 0.2) is 0 Å². The third kappa shape index (κ3) is 3.89. The first-order valence-corrected chi connectivity index (χ1v) is 9.02. The third-order valence-corrected chi connectivity index (χ3v) is 5.31. The maximum Gasteiger partial charge on any atom is 0.227 e. The number of hydrogen-bond acceptors (Lipinski definition) is 3. The lowest BCUT2D eigenvalue weighted by molar-refractivity contribution is -0.134. The SMILES string of the molecule is CCn1nc(C)c(CN(C)C(=O)C(C)Cn2nc(C)c(Cl)c2C)c1C. The minimum atomic E-state index is -0.180. The molecule has 0 aliphatic heterocycles. The number of halogens is 1. The van der Waals surface area contributed by atoms with Crippen molar-refractivity contribution in [1.82, 2.24) is 24.5 Å². The summed E-state index contributed by atoms with van der Waals surface area (Å²) in [6, 6.07) is 0. The second-order valence-electron chi connectivity index (χ2n) is 6.73. The van der Waals surface area contributed by atoms with E-state index in [1.807, 2.05) is 44.1 Å². The Labute approximate surface area is 154 Å². The van der Waals surface area contributed by atoms with E-state index in [9.17, 15) is 4.79 Å².